The van der Waals surface area contributed by atoms with Gasteiger partial charge >= 0.3 is 5.97 Å². The predicted octanol–water partition coefficient (Wildman–Crippen LogP) is 4.95. The lowest BCUT2D eigenvalue weighted by Gasteiger charge is -2.17. The summed E-state index contributed by atoms with van der Waals surface area (Å²) in [5.41, 5.74) is 1.01. The SMILES string of the molecule is CS(=O)(=O)c1c(Oc2ccc(C(=O)O)c(F)c2)nc2cc3[nH]ncc3cc2c1-c1ccc(F)cc1. The van der Waals surface area contributed by atoms with Gasteiger partial charge in [-0.2, -0.15) is 5.10 Å². The third-order valence-electron chi connectivity index (χ3n) is 5.36. The molecule has 0 aliphatic carbocycles. The zero-order valence-corrected chi connectivity index (χ0v) is 18.7. The molecule has 2 N–H and O–H groups in total. The molecule has 0 fully saturated rings. The van der Waals surface area contributed by atoms with Crippen LogP contribution in [0.4, 0.5) is 8.78 Å². The molecule has 8 nitrogen and oxygen atoms in total. The summed E-state index contributed by atoms with van der Waals surface area (Å²) in [6.07, 6.45) is 2.54. The summed E-state index contributed by atoms with van der Waals surface area (Å²) in [6, 6.07) is 11.7. The number of H-pyrrole nitrogens is 1. The van der Waals surface area contributed by atoms with Crippen molar-refractivity contribution in [2.24, 2.45) is 0 Å². The third kappa shape index (κ3) is 4.06. The summed E-state index contributed by atoms with van der Waals surface area (Å²) in [5.74, 6) is -3.53. The number of aromatic carboxylic acids is 1. The van der Waals surface area contributed by atoms with E-state index in [-0.39, 0.29) is 22.1 Å². The monoisotopic (exact) mass is 495 g/mol. The molecule has 0 bridgehead atoms. The molecule has 3 aromatic carbocycles. The number of sulfone groups is 1. The summed E-state index contributed by atoms with van der Waals surface area (Å²) in [5, 5.41) is 17.0. The van der Waals surface area contributed by atoms with Gasteiger partial charge in [0.25, 0.3) is 0 Å². The fourth-order valence-electron chi connectivity index (χ4n) is 3.82. The quantitative estimate of drug-likeness (QED) is 0.354. The van der Waals surface area contributed by atoms with Crippen LogP contribution in [0.3, 0.4) is 0 Å². The van der Waals surface area contributed by atoms with Crippen molar-refractivity contribution < 1.29 is 31.8 Å². The summed E-state index contributed by atoms with van der Waals surface area (Å²) in [4.78, 5) is 15.2. The molecule has 0 spiro atoms. The second-order valence-electron chi connectivity index (χ2n) is 7.78. The number of carbonyl (C=O) groups is 1. The van der Waals surface area contributed by atoms with Gasteiger partial charge < -0.3 is 9.84 Å². The largest absolute Gasteiger partial charge is 0.478 e. The molecule has 0 amide bonds. The third-order valence-corrected chi connectivity index (χ3v) is 6.48. The summed E-state index contributed by atoms with van der Waals surface area (Å²) in [6.45, 7) is 0. The molecule has 0 aliphatic heterocycles. The molecule has 0 aliphatic rings. The van der Waals surface area contributed by atoms with Crippen molar-refractivity contribution in [3.63, 3.8) is 0 Å². The normalized spacial score (nSPS) is 11.7. The predicted molar refractivity (Wildman–Crippen MR) is 123 cm³/mol. The topological polar surface area (TPSA) is 122 Å². The number of hydrogen-bond acceptors (Lipinski definition) is 6. The lowest BCUT2D eigenvalue weighted by atomic mass is 10.00. The van der Waals surface area contributed by atoms with Gasteiger partial charge in [0.05, 0.1) is 22.8 Å². The molecule has 2 aromatic heterocycles. The van der Waals surface area contributed by atoms with Crippen molar-refractivity contribution in [3.8, 4) is 22.8 Å². The fraction of sp³-hybridized carbons (Fsp3) is 0.0417. The highest BCUT2D eigenvalue weighted by atomic mass is 32.2. The van der Waals surface area contributed by atoms with E-state index in [1.807, 2.05) is 0 Å². The van der Waals surface area contributed by atoms with Gasteiger partial charge in [-0.15, -0.1) is 0 Å². The average molecular weight is 495 g/mol. The van der Waals surface area contributed by atoms with E-state index in [0.717, 1.165) is 18.4 Å². The van der Waals surface area contributed by atoms with Crippen molar-refractivity contribution >= 4 is 37.6 Å². The molecule has 35 heavy (non-hydrogen) atoms. The maximum Gasteiger partial charge on any atom is 0.338 e. The Morgan fingerprint density at radius 3 is 2.46 bits per heavy atom. The van der Waals surface area contributed by atoms with Crippen LogP contribution < -0.4 is 4.74 Å². The summed E-state index contributed by atoms with van der Waals surface area (Å²) >= 11 is 0. The van der Waals surface area contributed by atoms with Gasteiger partial charge in [-0.05, 0) is 42.0 Å². The lowest BCUT2D eigenvalue weighted by Crippen LogP contribution is -2.07. The van der Waals surface area contributed by atoms with Crippen molar-refractivity contribution in [2.75, 3.05) is 6.26 Å². The zero-order valence-electron chi connectivity index (χ0n) is 17.9. The summed E-state index contributed by atoms with van der Waals surface area (Å²) < 4.78 is 59.7. The smallest absolute Gasteiger partial charge is 0.338 e. The van der Waals surface area contributed by atoms with Crippen molar-refractivity contribution in [1.82, 2.24) is 15.2 Å². The van der Waals surface area contributed by atoms with Crippen LogP contribution in [0, 0.1) is 11.6 Å². The Bertz CT molecular complexity index is 1750. The Labute approximate surface area is 196 Å². The van der Waals surface area contributed by atoms with E-state index in [1.165, 1.54) is 30.3 Å². The second-order valence-corrected chi connectivity index (χ2v) is 9.73. The molecule has 0 atom stereocenters. The van der Waals surface area contributed by atoms with E-state index in [9.17, 15) is 22.0 Å². The number of nitrogens with zero attached hydrogens (tertiary/aromatic N) is 2. The molecule has 0 saturated carbocycles. The fourth-order valence-corrected chi connectivity index (χ4v) is 4.83. The Morgan fingerprint density at radius 2 is 1.80 bits per heavy atom. The first-order chi connectivity index (χ1) is 16.6. The highest BCUT2D eigenvalue weighted by Gasteiger charge is 2.27. The Hall–Kier alpha value is -4.38. The van der Waals surface area contributed by atoms with Gasteiger partial charge in [-0.3, -0.25) is 5.10 Å². The number of halogens is 2. The number of carboxylic acid groups (broad SMARTS) is 1. The van der Waals surface area contributed by atoms with Gasteiger partial charge in [0.2, 0.25) is 5.88 Å². The number of rotatable bonds is 5. The van der Waals surface area contributed by atoms with E-state index >= 15 is 0 Å². The molecule has 2 heterocycles. The minimum Gasteiger partial charge on any atom is -0.478 e. The van der Waals surface area contributed by atoms with Gasteiger partial charge in [0, 0.05) is 28.7 Å². The van der Waals surface area contributed by atoms with E-state index < -0.39 is 33.0 Å². The van der Waals surface area contributed by atoms with Gasteiger partial charge in [0.1, 0.15) is 22.3 Å². The first kappa shape index (κ1) is 22.4. The van der Waals surface area contributed by atoms with Gasteiger partial charge in [0.15, 0.2) is 9.84 Å². The van der Waals surface area contributed by atoms with Gasteiger partial charge in [-0.25, -0.2) is 27.0 Å². The number of aromatic nitrogens is 3. The maximum absolute atomic E-state index is 14.3. The number of pyridine rings is 1. The molecular weight excluding hydrogens is 480 g/mol. The van der Waals surface area contributed by atoms with Crippen LogP contribution in [0.2, 0.25) is 0 Å². The minimum absolute atomic E-state index is 0.156. The van der Waals surface area contributed by atoms with E-state index in [4.69, 9.17) is 9.84 Å². The van der Waals surface area contributed by atoms with Crippen LogP contribution in [-0.2, 0) is 9.84 Å². The number of hydrogen-bond donors (Lipinski definition) is 2. The Morgan fingerprint density at radius 1 is 1.06 bits per heavy atom. The molecule has 176 valence electrons. The van der Waals surface area contributed by atoms with Crippen LogP contribution in [0.25, 0.3) is 32.9 Å². The van der Waals surface area contributed by atoms with Crippen molar-refractivity contribution in [3.05, 3.63) is 78.0 Å². The van der Waals surface area contributed by atoms with Crippen LogP contribution in [-0.4, -0.2) is 40.9 Å². The van der Waals surface area contributed by atoms with Crippen LogP contribution in [0.1, 0.15) is 10.4 Å². The van der Waals surface area contributed by atoms with E-state index in [1.54, 1.807) is 18.3 Å². The molecule has 0 radical (unpaired) electrons. The van der Waals surface area contributed by atoms with E-state index in [0.29, 0.717) is 27.4 Å². The number of ether oxygens (including phenoxy) is 1. The zero-order chi connectivity index (χ0) is 24.9. The average Bonchev–Trinajstić information content (AvgIpc) is 3.24. The summed E-state index contributed by atoms with van der Waals surface area (Å²) in [7, 11) is -4.00. The highest BCUT2D eigenvalue weighted by Crippen LogP contribution is 2.41. The van der Waals surface area contributed by atoms with E-state index in [2.05, 4.69) is 15.2 Å². The Balaban J connectivity index is 1.83. The molecule has 0 unspecified atom stereocenters. The number of carboxylic acids is 1. The molecule has 5 rings (SSSR count). The maximum atomic E-state index is 14.3. The lowest BCUT2D eigenvalue weighted by molar-refractivity contribution is 0.0692. The Kier molecular flexibility index (Phi) is 5.21. The second kappa shape index (κ2) is 8.13. The number of nitrogens with one attached hydrogen (secondary N) is 1. The minimum atomic E-state index is -4.00. The van der Waals surface area contributed by atoms with Gasteiger partial charge in [-0.1, -0.05) is 12.1 Å². The first-order valence-corrected chi connectivity index (χ1v) is 12.0. The van der Waals surface area contributed by atoms with Crippen LogP contribution in [0.15, 0.2) is 65.7 Å². The number of fused-ring (bicyclic) bond motifs is 2. The number of aromatic amines is 1. The highest BCUT2D eigenvalue weighted by molar-refractivity contribution is 7.91. The molecule has 11 heteroatoms. The van der Waals surface area contributed by atoms with Crippen molar-refractivity contribution in [2.45, 2.75) is 4.90 Å². The standard InChI is InChI=1S/C24H15F2N3O5S/c1-35(32,33)22-21(12-2-4-14(25)5-3-12)17-8-13-11-27-29-19(13)10-20(17)28-23(22)34-15-6-7-16(24(30)31)18(26)9-15/h2-11H,1H3,(H,27,29)(H,30,31). The molecule has 5 aromatic rings. The number of benzene rings is 3. The molecular formula is C24H15F2N3O5S. The van der Waals surface area contributed by atoms with Crippen LogP contribution in [0.5, 0.6) is 11.6 Å². The first-order valence-electron chi connectivity index (χ1n) is 10.1. The molecule has 0 saturated heterocycles. The van der Waals surface area contributed by atoms with Crippen LogP contribution >= 0.6 is 0 Å². The van der Waals surface area contributed by atoms with Crippen molar-refractivity contribution in [1.29, 1.82) is 0 Å².